The zero-order valence-electron chi connectivity index (χ0n) is 21.1. The fraction of sp³-hybridized carbons (Fsp3) is 0.462. The van der Waals surface area contributed by atoms with Crippen LogP contribution in [0.3, 0.4) is 0 Å². The van der Waals surface area contributed by atoms with Crippen LogP contribution in [0.2, 0.25) is 0 Å². The van der Waals surface area contributed by atoms with Crippen molar-refractivity contribution < 1.29 is 17.6 Å². The number of aromatic nitrogens is 1. The first kappa shape index (κ1) is 26.0. The number of piperidine rings is 1. The van der Waals surface area contributed by atoms with Crippen LogP contribution in [-0.4, -0.2) is 55.9 Å². The van der Waals surface area contributed by atoms with E-state index in [9.17, 15) is 18.0 Å². The Morgan fingerprint density at radius 2 is 2.03 bits per heavy atom. The lowest BCUT2D eigenvalue weighted by Gasteiger charge is -2.31. The molecule has 1 saturated heterocycles. The van der Waals surface area contributed by atoms with Gasteiger partial charge >= 0.3 is 5.76 Å². The van der Waals surface area contributed by atoms with Gasteiger partial charge in [0.1, 0.15) is 0 Å². The summed E-state index contributed by atoms with van der Waals surface area (Å²) in [6.07, 6.45) is 2.05. The Labute approximate surface area is 211 Å². The van der Waals surface area contributed by atoms with Crippen LogP contribution in [0.1, 0.15) is 31.7 Å². The average molecular weight is 515 g/mol. The van der Waals surface area contributed by atoms with E-state index in [1.165, 1.54) is 32.3 Å². The Hall–Kier alpha value is -3.11. The van der Waals surface area contributed by atoms with Gasteiger partial charge in [-0.15, -0.1) is 0 Å². The van der Waals surface area contributed by atoms with E-state index in [4.69, 9.17) is 4.42 Å². The van der Waals surface area contributed by atoms with Gasteiger partial charge in [0.25, 0.3) is 0 Å². The van der Waals surface area contributed by atoms with Gasteiger partial charge in [0.15, 0.2) is 5.58 Å². The number of carbonyl (C=O) groups excluding carboxylic acids is 1. The molecule has 10 heteroatoms. The van der Waals surface area contributed by atoms with E-state index in [0.29, 0.717) is 31.4 Å². The molecule has 2 heterocycles. The topological polar surface area (TPSA) is 105 Å². The minimum absolute atomic E-state index is 0.0567. The number of sulfonamides is 1. The number of benzene rings is 2. The van der Waals surface area contributed by atoms with Gasteiger partial charge in [-0.3, -0.25) is 9.36 Å². The van der Waals surface area contributed by atoms with Crippen LogP contribution < -0.4 is 16.0 Å². The second-order valence-electron chi connectivity index (χ2n) is 9.32. The van der Waals surface area contributed by atoms with Crippen molar-refractivity contribution in [3.63, 3.8) is 0 Å². The van der Waals surface area contributed by atoms with Gasteiger partial charge in [-0.25, -0.2) is 13.2 Å². The number of amides is 1. The fourth-order valence-corrected chi connectivity index (χ4v) is 6.26. The minimum Gasteiger partial charge on any atom is -0.408 e. The van der Waals surface area contributed by atoms with Crippen LogP contribution in [0.25, 0.3) is 11.1 Å². The monoisotopic (exact) mass is 514 g/mol. The third-order valence-corrected chi connectivity index (χ3v) is 8.67. The van der Waals surface area contributed by atoms with Gasteiger partial charge in [0, 0.05) is 51.5 Å². The number of hydrogen-bond donors (Lipinski definition) is 1. The Morgan fingerprint density at radius 3 is 2.78 bits per heavy atom. The first-order valence-corrected chi connectivity index (χ1v) is 13.8. The summed E-state index contributed by atoms with van der Waals surface area (Å²) in [4.78, 5) is 26.9. The van der Waals surface area contributed by atoms with Gasteiger partial charge in [-0.2, -0.15) is 4.31 Å². The predicted octanol–water partition coefficient (Wildman–Crippen LogP) is 2.87. The molecule has 0 bridgehead atoms. The highest BCUT2D eigenvalue weighted by Gasteiger charge is 2.33. The van der Waals surface area contributed by atoms with Gasteiger partial charge in [-0.1, -0.05) is 12.1 Å². The summed E-state index contributed by atoms with van der Waals surface area (Å²) < 4.78 is 34.4. The van der Waals surface area contributed by atoms with Crippen LogP contribution in [0.5, 0.6) is 0 Å². The number of anilines is 1. The lowest BCUT2D eigenvalue weighted by Crippen LogP contribution is -2.45. The summed E-state index contributed by atoms with van der Waals surface area (Å²) in [5.41, 5.74) is 3.13. The third kappa shape index (κ3) is 5.49. The fourth-order valence-electron chi connectivity index (χ4n) is 4.72. The van der Waals surface area contributed by atoms with Crippen LogP contribution >= 0.6 is 0 Å². The number of oxazole rings is 1. The van der Waals surface area contributed by atoms with Crippen LogP contribution in [0.4, 0.5) is 5.69 Å². The molecule has 1 aliphatic rings. The molecule has 0 radical (unpaired) electrons. The average Bonchev–Trinajstić information content (AvgIpc) is 3.16. The molecule has 1 fully saturated rings. The second-order valence-corrected chi connectivity index (χ2v) is 11.3. The number of carbonyl (C=O) groups is 1. The third-order valence-electron chi connectivity index (χ3n) is 6.81. The van der Waals surface area contributed by atoms with E-state index in [1.54, 1.807) is 13.1 Å². The standard InChI is InChI=1S/C26H34N4O5S/c1-4-29(21-10-5-8-19(2)16-21)14-7-13-27-25(31)20-9-6-15-30(18-20)36(33,34)22-11-12-23-24(17-22)35-26(32)28(23)3/h5,8,10-12,16-17,20H,4,6-7,9,13-15,18H2,1-3H3,(H,27,31). The van der Waals surface area contributed by atoms with E-state index >= 15 is 0 Å². The van der Waals surface area contributed by atoms with E-state index in [1.807, 2.05) is 6.07 Å². The molecule has 0 aliphatic carbocycles. The minimum atomic E-state index is -3.82. The first-order valence-electron chi connectivity index (χ1n) is 12.4. The smallest absolute Gasteiger partial charge is 0.408 e. The lowest BCUT2D eigenvalue weighted by atomic mass is 9.99. The van der Waals surface area contributed by atoms with E-state index in [2.05, 4.69) is 42.3 Å². The van der Waals surface area contributed by atoms with Crippen molar-refractivity contribution in [3.05, 3.63) is 58.6 Å². The summed E-state index contributed by atoms with van der Waals surface area (Å²) in [7, 11) is -2.25. The maximum Gasteiger partial charge on any atom is 0.419 e. The number of aryl methyl sites for hydroxylation is 2. The first-order chi connectivity index (χ1) is 17.2. The molecule has 1 unspecified atom stereocenters. The van der Waals surface area contributed by atoms with Crippen LogP contribution in [-0.2, 0) is 21.9 Å². The molecule has 1 aliphatic heterocycles. The quantitative estimate of drug-likeness (QED) is 0.441. The Bertz CT molecular complexity index is 1390. The number of nitrogens with zero attached hydrogens (tertiary/aromatic N) is 3. The van der Waals surface area contributed by atoms with E-state index < -0.39 is 21.7 Å². The molecule has 1 N–H and O–H groups in total. The molecule has 4 rings (SSSR count). The molecular formula is C26H34N4O5S. The molecule has 1 aromatic heterocycles. The predicted molar refractivity (Wildman–Crippen MR) is 140 cm³/mol. The number of hydrogen-bond acceptors (Lipinski definition) is 6. The molecule has 0 spiro atoms. The van der Waals surface area contributed by atoms with E-state index in [-0.39, 0.29) is 22.9 Å². The highest BCUT2D eigenvalue weighted by Crippen LogP contribution is 2.26. The Balaban J connectivity index is 1.33. The molecule has 2 aromatic carbocycles. The maximum absolute atomic E-state index is 13.3. The Morgan fingerprint density at radius 1 is 1.22 bits per heavy atom. The van der Waals surface area contributed by atoms with Crippen LogP contribution in [0, 0.1) is 12.8 Å². The SMILES string of the molecule is CCN(CCCNC(=O)C1CCCN(S(=O)(=O)c2ccc3c(c2)oc(=O)n3C)C1)c1cccc(C)c1. The number of rotatable bonds is 9. The molecule has 3 aromatic rings. The summed E-state index contributed by atoms with van der Waals surface area (Å²) in [6, 6.07) is 12.8. The van der Waals surface area contributed by atoms with Crippen molar-refractivity contribution in [2.75, 3.05) is 37.6 Å². The van der Waals surface area contributed by atoms with Crippen molar-refractivity contribution in [3.8, 4) is 0 Å². The molecule has 1 amide bonds. The summed E-state index contributed by atoms with van der Waals surface area (Å²) in [5.74, 6) is -1.06. The largest absolute Gasteiger partial charge is 0.419 e. The van der Waals surface area contributed by atoms with Gasteiger partial charge in [-0.05, 0) is 62.9 Å². The summed E-state index contributed by atoms with van der Waals surface area (Å²) in [5, 5.41) is 3.00. The van der Waals surface area contributed by atoms with Gasteiger partial charge < -0.3 is 14.6 Å². The van der Waals surface area contributed by atoms with Gasteiger partial charge in [0.2, 0.25) is 15.9 Å². The number of nitrogens with one attached hydrogen (secondary N) is 1. The number of fused-ring (bicyclic) bond motifs is 1. The molecule has 194 valence electrons. The van der Waals surface area contributed by atoms with Crippen molar-refractivity contribution in [2.45, 2.75) is 38.0 Å². The van der Waals surface area contributed by atoms with Crippen molar-refractivity contribution >= 4 is 32.7 Å². The molecular weight excluding hydrogens is 480 g/mol. The van der Waals surface area contributed by atoms with Crippen molar-refractivity contribution in [1.82, 2.24) is 14.2 Å². The molecule has 1 atom stereocenters. The summed E-state index contributed by atoms with van der Waals surface area (Å²) in [6.45, 7) is 6.91. The lowest BCUT2D eigenvalue weighted by molar-refractivity contribution is -0.126. The summed E-state index contributed by atoms with van der Waals surface area (Å²) >= 11 is 0. The molecule has 0 saturated carbocycles. The normalized spacial score (nSPS) is 16.8. The zero-order chi connectivity index (χ0) is 25.9. The maximum atomic E-state index is 13.3. The van der Waals surface area contributed by atoms with Crippen molar-refractivity contribution in [1.29, 1.82) is 0 Å². The zero-order valence-corrected chi connectivity index (χ0v) is 21.9. The van der Waals surface area contributed by atoms with E-state index in [0.717, 1.165) is 19.5 Å². The second kappa shape index (κ2) is 10.9. The van der Waals surface area contributed by atoms with Crippen molar-refractivity contribution in [2.24, 2.45) is 13.0 Å². The Kier molecular flexibility index (Phi) is 7.85. The molecule has 36 heavy (non-hydrogen) atoms. The molecule has 9 nitrogen and oxygen atoms in total. The highest BCUT2D eigenvalue weighted by molar-refractivity contribution is 7.89. The van der Waals surface area contributed by atoms with Crippen LogP contribution in [0.15, 0.2) is 56.6 Å². The van der Waals surface area contributed by atoms with Gasteiger partial charge in [0.05, 0.1) is 16.3 Å². The highest BCUT2D eigenvalue weighted by atomic mass is 32.2.